The summed E-state index contributed by atoms with van der Waals surface area (Å²) in [5.74, 6) is -0.431. The summed E-state index contributed by atoms with van der Waals surface area (Å²) in [6, 6.07) is 6.51. The summed E-state index contributed by atoms with van der Waals surface area (Å²) >= 11 is 0. The van der Waals surface area contributed by atoms with E-state index in [4.69, 9.17) is 0 Å². The van der Waals surface area contributed by atoms with Gasteiger partial charge < -0.3 is 5.11 Å². The van der Waals surface area contributed by atoms with Gasteiger partial charge in [0.15, 0.2) is 0 Å². The van der Waals surface area contributed by atoms with Crippen molar-refractivity contribution in [3.63, 3.8) is 0 Å². The Morgan fingerprint density at radius 2 is 2.00 bits per heavy atom. The van der Waals surface area contributed by atoms with Crippen LogP contribution in [0.15, 0.2) is 24.3 Å². The van der Waals surface area contributed by atoms with Crippen LogP contribution in [-0.2, 0) is 11.2 Å². The van der Waals surface area contributed by atoms with E-state index in [2.05, 4.69) is 6.92 Å². The highest BCUT2D eigenvalue weighted by molar-refractivity contribution is 5.75. The van der Waals surface area contributed by atoms with Gasteiger partial charge in [-0.2, -0.15) is 0 Å². The van der Waals surface area contributed by atoms with Crippen molar-refractivity contribution >= 4 is 5.97 Å². The molecule has 1 aromatic rings. The van der Waals surface area contributed by atoms with Crippen molar-refractivity contribution in [2.45, 2.75) is 45.4 Å². The predicted octanol–water partition coefficient (Wildman–Crippen LogP) is 4.04. The topological polar surface area (TPSA) is 37.3 Å². The van der Waals surface area contributed by atoms with Crippen LogP contribution >= 0.6 is 0 Å². The second-order valence-corrected chi connectivity index (χ2v) is 5.71. The second kappa shape index (κ2) is 5.72. The standard InChI is InChI=1S/C16H21FO2/c1-2-12-7-9-16(10-8-12,15(18)19)11-13-5-3-4-6-14(13)17/h3-6,12H,2,7-11H2,1H3,(H,18,19). The Kier molecular flexibility index (Phi) is 4.23. The Labute approximate surface area is 113 Å². The molecule has 0 atom stereocenters. The van der Waals surface area contributed by atoms with Gasteiger partial charge in [-0.1, -0.05) is 31.5 Å². The van der Waals surface area contributed by atoms with E-state index in [1.54, 1.807) is 18.2 Å². The average molecular weight is 264 g/mol. The van der Waals surface area contributed by atoms with Crippen LogP contribution in [0.2, 0.25) is 0 Å². The molecule has 0 aliphatic heterocycles. The smallest absolute Gasteiger partial charge is 0.309 e. The van der Waals surface area contributed by atoms with E-state index >= 15 is 0 Å². The van der Waals surface area contributed by atoms with Crippen LogP contribution in [0.3, 0.4) is 0 Å². The number of halogens is 1. The number of hydrogen-bond donors (Lipinski definition) is 1. The fourth-order valence-corrected chi connectivity index (χ4v) is 3.11. The van der Waals surface area contributed by atoms with Crippen molar-refractivity contribution < 1.29 is 14.3 Å². The van der Waals surface area contributed by atoms with Gasteiger partial charge in [-0.05, 0) is 49.7 Å². The molecule has 1 fully saturated rings. The molecule has 1 aromatic carbocycles. The number of benzene rings is 1. The number of carboxylic acids is 1. The van der Waals surface area contributed by atoms with Crippen molar-refractivity contribution in [2.24, 2.45) is 11.3 Å². The molecule has 1 aliphatic carbocycles. The summed E-state index contributed by atoms with van der Waals surface area (Å²) in [4.78, 5) is 11.7. The van der Waals surface area contributed by atoms with Crippen molar-refractivity contribution in [3.05, 3.63) is 35.6 Å². The van der Waals surface area contributed by atoms with Crippen LogP contribution < -0.4 is 0 Å². The van der Waals surface area contributed by atoms with Crippen LogP contribution in [0, 0.1) is 17.2 Å². The van der Waals surface area contributed by atoms with Crippen molar-refractivity contribution in [1.29, 1.82) is 0 Å². The molecule has 0 aromatic heterocycles. The van der Waals surface area contributed by atoms with E-state index in [-0.39, 0.29) is 5.82 Å². The third-order valence-corrected chi connectivity index (χ3v) is 4.58. The quantitative estimate of drug-likeness (QED) is 0.891. The van der Waals surface area contributed by atoms with Gasteiger partial charge in [0.05, 0.1) is 5.41 Å². The number of carbonyl (C=O) groups is 1. The Hall–Kier alpha value is -1.38. The zero-order valence-electron chi connectivity index (χ0n) is 11.4. The van der Waals surface area contributed by atoms with Gasteiger partial charge in [-0.3, -0.25) is 4.79 Å². The van der Waals surface area contributed by atoms with E-state index in [9.17, 15) is 14.3 Å². The molecule has 2 nitrogen and oxygen atoms in total. The molecule has 0 amide bonds. The molecule has 19 heavy (non-hydrogen) atoms. The van der Waals surface area contributed by atoms with Crippen LogP contribution in [0.5, 0.6) is 0 Å². The zero-order chi connectivity index (χ0) is 13.9. The monoisotopic (exact) mass is 264 g/mol. The maximum Gasteiger partial charge on any atom is 0.309 e. The summed E-state index contributed by atoms with van der Waals surface area (Å²) < 4.78 is 13.7. The summed E-state index contributed by atoms with van der Waals surface area (Å²) in [5.41, 5.74) is -0.242. The normalized spacial score (nSPS) is 27.2. The molecular weight excluding hydrogens is 243 g/mol. The van der Waals surface area contributed by atoms with Gasteiger partial charge in [0.1, 0.15) is 5.82 Å². The minimum atomic E-state index is -0.773. The molecule has 0 spiro atoms. The molecule has 1 aliphatic rings. The van der Waals surface area contributed by atoms with Gasteiger partial charge in [-0.25, -0.2) is 4.39 Å². The molecule has 0 heterocycles. The first-order valence-electron chi connectivity index (χ1n) is 7.04. The number of hydrogen-bond acceptors (Lipinski definition) is 1. The van der Waals surface area contributed by atoms with E-state index < -0.39 is 11.4 Å². The first kappa shape index (κ1) is 14.0. The molecule has 0 bridgehead atoms. The highest BCUT2D eigenvalue weighted by atomic mass is 19.1. The van der Waals surface area contributed by atoms with E-state index in [0.717, 1.165) is 19.3 Å². The summed E-state index contributed by atoms with van der Waals surface area (Å²) in [5, 5.41) is 9.58. The Morgan fingerprint density at radius 1 is 1.37 bits per heavy atom. The average Bonchev–Trinajstić information content (AvgIpc) is 2.42. The van der Waals surface area contributed by atoms with Crippen molar-refractivity contribution in [3.8, 4) is 0 Å². The Balaban J connectivity index is 2.18. The highest BCUT2D eigenvalue weighted by Crippen LogP contribution is 2.43. The fraction of sp³-hybridized carbons (Fsp3) is 0.562. The van der Waals surface area contributed by atoms with Crippen LogP contribution in [-0.4, -0.2) is 11.1 Å². The molecule has 0 saturated heterocycles. The highest BCUT2D eigenvalue weighted by Gasteiger charge is 2.42. The number of aliphatic carboxylic acids is 1. The number of carboxylic acid groups (broad SMARTS) is 1. The fourth-order valence-electron chi connectivity index (χ4n) is 3.11. The summed E-state index contributed by atoms with van der Waals surface area (Å²) in [6.07, 6.45) is 4.62. The van der Waals surface area contributed by atoms with Crippen molar-refractivity contribution in [2.75, 3.05) is 0 Å². The lowest BCUT2D eigenvalue weighted by atomic mass is 9.67. The maximum absolute atomic E-state index is 13.7. The van der Waals surface area contributed by atoms with Gasteiger partial charge in [0, 0.05) is 0 Å². The summed E-state index contributed by atoms with van der Waals surface area (Å²) in [7, 11) is 0. The van der Waals surface area contributed by atoms with Crippen LogP contribution in [0.1, 0.15) is 44.6 Å². The van der Waals surface area contributed by atoms with Crippen LogP contribution in [0.25, 0.3) is 0 Å². The Morgan fingerprint density at radius 3 is 2.53 bits per heavy atom. The van der Waals surface area contributed by atoms with Gasteiger partial charge in [0.25, 0.3) is 0 Å². The zero-order valence-corrected chi connectivity index (χ0v) is 11.4. The maximum atomic E-state index is 13.7. The molecule has 1 saturated carbocycles. The first-order valence-corrected chi connectivity index (χ1v) is 7.04. The molecule has 1 N–H and O–H groups in total. The lowest BCUT2D eigenvalue weighted by Gasteiger charge is -2.36. The van der Waals surface area contributed by atoms with Crippen molar-refractivity contribution in [1.82, 2.24) is 0 Å². The Bertz CT molecular complexity index is 448. The van der Waals surface area contributed by atoms with Gasteiger partial charge in [-0.15, -0.1) is 0 Å². The molecule has 2 rings (SSSR count). The summed E-state index contributed by atoms with van der Waals surface area (Å²) in [6.45, 7) is 2.15. The van der Waals surface area contributed by atoms with Crippen LogP contribution in [0.4, 0.5) is 4.39 Å². The number of rotatable bonds is 4. The molecule has 0 unspecified atom stereocenters. The van der Waals surface area contributed by atoms with E-state index in [0.29, 0.717) is 30.7 Å². The third kappa shape index (κ3) is 2.96. The predicted molar refractivity (Wildman–Crippen MR) is 72.4 cm³/mol. The largest absolute Gasteiger partial charge is 0.481 e. The molecular formula is C16H21FO2. The van der Waals surface area contributed by atoms with Gasteiger partial charge >= 0.3 is 5.97 Å². The lowest BCUT2D eigenvalue weighted by molar-refractivity contribution is -0.151. The third-order valence-electron chi connectivity index (χ3n) is 4.58. The minimum Gasteiger partial charge on any atom is -0.481 e. The van der Waals surface area contributed by atoms with E-state index in [1.807, 2.05) is 0 Å². The lowest BCUT2D eigenvalue weighted by Crippen LogP contribution is -2.37. The SMILES string of the molecule is CCC1CCC(Cc2ccccc2F)(C(=O)O)CC1. The van der Waals surface area contributed by atoms with E-state index in [1.165, 1.54) is 6.07 Å². The molecule has 3 heteroatoms. The molecule has 0 radical (unpaired) electrons. The van der Waals surface area contributed by atoms with Gasteiger partial charge in [0.2, 0.25) is 0 Å². The molecule has 104 valence electrons. The first-order chi connectivity index (χ1) is 9.07. The minimum absolute atomic E-state index is 0.291. The second-order valence-electron chi connectivity index (χ2n) is 5.71.